The molecular formula is C15H24N4O2. The van der Waals surface area contributed by atoms with Crippen LogP contribution in [0.4, 0.5) is 0 Å². The molecule has 1 saturated carbocycles. The molecule has 0 aromatic carbocycles. The van der Waals surface area contributed by atoms with Gasteiger partial charge in [0.05, 0.1) is 6.10 Å². The van der Waals surface area contributed by atoms with Crippen LogP contribution in [0.15, 0.2) is 0 Å². The van der Waals surface area contributed by atoms with E-state index in [0.29, 0.717) is 11.8 Å². The van der Waals surface area contributed by atoms with Gasteiger partial charge in [-0.3, -0.25) is 9.89 Å². The fourth-order valence-corrected chi connectivity index (χ4v) is 3.31. The van der Waals surface area contributed by atoms with Crippen LogP contribution in [-0.2, 0) is 17.7 Å². The summed E-state index contributed by atoms with van der Waals surface area (Å²) in [6, 6.07) is 0.248. The average molecular weight is 292 g/mol. The molecule has 3 rings (SSSR count). The van der Waals surface area contributed by atoms with E-state index in [1.807, 2.05) is 0 Å². The minimum Gasteiger partial charge on any atom is -0.381 e. The third-order valence-electron chi connectivity index (χ3n) is 4.68. The molecule has 1 amide bonds. The summed E-state index contributed by atoms with van der Waals surface area (Å²) >= 11 is 0. The maximum Gasteiger partial charge on any atom is 0.272 e. The second-order valence-corrected chi connectivity index (χ2v) is 6.20. The lowest BCUT2D eigenvalue weighted by Crippen LogP contribution is -2.39. The molecule has 2 N–H and O–H groups in total. The summed E-state index contributed by atoms with van der Waals surface area (Å²) in [5.41, 5.74) is 2.75. The van der Waals surface area contributed by atoms with E-state index in [2.05, 4.69) is 27.5 Å². The van der Waals surface area contributed by atoms with Crippen molar-refractivity contribution in [3.63, 3.8) is 0 Å². The van der Waals surface area contributed by atoms with E-state index in [0.717, 1.165) is 56.5 Å². The molecular weight excluding hydrogens is 268 g/mol. The molecule has 0 spiro atoms. The number of carbonyl (C=O) groups is 1. The van der Waals surface area contributed by atoms with Gasteiger partial charge < -0.3 is 15.0 Å². The Morgan fingerprint density at radius 2 is 2.14 bits per heavy atom. The van der Waals surface area contributed by atoms with Crippen LogP contribution in [0.25, 0.3) is 0 Å². The van der Waals surface area contributed by atoms with Crippen molar-refractivity contribution in [1.29, 1.82) is 0 Å². The van der Waals surface area contributed by atoms with Gasteiger partial charge in [0.15, 0.2) is 5.69 Å². The van der Waals surface area contributed by atoms with Gasteiger partial charge in [-0.25, -0.2) is 0 Å². The van der Waals surface area contributed by atoms with Crippen LogP contribution < -0.4 is 5.32 Å². The maximum atomic E-state index is 12.5. The highest BCUT2D eigenvalue weighted by Gasteiger charge is 2.27. The zero-order valence-corrected chi connectivity index (χ0v) is 12.8. The number of hydrogen-bond donors (Lipinski definition) is 2. The Hall–Kier alpha value is -1.40. The Morgan fingerprint density at radius 1 is 1.38 bits per heavy atom. The Balaban J connectivity index is 1.63. The zero-order chi connectivity index (χ0) is 14.8. The minimum atomic E-state index is -0.0383. The highest BCUT2D eigenvalue weighted by molar-refractivity contribution is 5.94. The van der Waals surface area contributed by atoms with Gasteiger partial charge >= 0.3 is 0 Å². The lowest BCUT2D eigenvalue weighted by atomic mass is 9.93. The van der Waals surface area contributed by atoms with Gasteiger partial charge in [-0.2, -0.15) is 5.10 Å². The molecule has 0 unspecified atom stereocenters. The lowest BCUT2D eigenvalue weighted by molar-refractivity contribution is 0.0598. The second kappa shape index (κ2) is 6.15. The molecule has 2 aliphatic rings. The first kappa shape index (κ1) is 14.5. The van der Waals surface area contributed by atoms with Crippen molar-refractivity contribution in [2.45, 2.75) is 50.8 Å². The van der Waals surface area contributed by atoms with Crippen LogP contribution in [0.2, 0.25) is 0 Å². The third kappa shape index (κ3) is 3.11. The topological polar surface area (TPSA) is 70.2 Å². The number of nitrogens with zero attached hydrogens (tertiary/aromatic N) is 2. The third-order valence-corrected chi connectivity index (χ3v) is 4.68. The van der Waals surface area contributed by atoms with Crippen molar-refractivity contribution in [1.82, 2.24) is 20.4 Å². The Morgan fingerprint density at radius 3 is 2.86 bits per heavy atom. The van der Waals surface area contributed by atoms with Crippen LogP contribution >= 0.6 is 0 Å². The largest absolute Gasteiger partial charge is 0.381 e. The molecule has 1 aromatic heterocycles. The number of aromatic nitrogens is 2. The second-order valence-electron chi connectivity index (χ2n) is 6.20. The first-order valence-electron chi connectivity index (χ1n) is 7.75. The molecule has 1 aliphatic heterocycles. The molecule has 6 nitrogen and oxygen atoms in total. The molecule has 1 fully saturated rings. The van der Waals surface area contributed by atoms with Crippen molar-refractivity contribution >= 4 is 5.91 Å². The Kier molecular flexibility index (Phi) is 4.26. The summed E-state index contributed by atoms with van der Waals surface area (Å²) in [5, 5.41) is 10.4. The summed E-state index contributed by atoms with van der Waals surface area (Å²) in [4.78, 5) is 14.7. The first-order chi connectivity index (χ1) is 10.2. The number of amides is 1. The van der Waals surface area contributed by atoms with E-state index in [4.69, 9.17) is 4.74 Å². The number of fused-ring (bicyclic) bond motifs is 1. The molecule has 0 radical (unpaired) electrons. The van der Waals surface area contributed by atoms with Crippen LogP contribution in [0, 0.1) is 0 Å². The minimum absolute atomic E-state index is 0.0383. The van der Waals surface area contributed by atoms with Crippen LogP contribution in [0.3, 0.4) is 0 Å². The number of aromatic amines is 1. The van der Waals surface area contributed by atoms with E-state index >= 15 is 0 Å². The predicted molar refractivity (Wildman–Crippen MR) is 79.1 cm³/mol. The summed E-state index contributed by atoms with van der Waals surface area (Å²) in [6.45, 7) is 1.81. The van der Waals surface area contributed by atoms with Gasteiger partial charge in [0, 0.05) is 43.9 Å². The first-order valence-corrected chi connectivity index (χ1v) is 7.75. The number of ether oxygens (including phenoxy) is 1. The van der Waals surface area contributed by atoms with Crippen molar-refractivity contribution in [3.05, 3.63) is 17.0 Å². The number of likely N-dealkylation sites (N-methyl/N-ethyl adjacent to an activating group) is 1. The van der Waals surface area contributed by atoms with Gasteiger partial charge in [-0.15, -0.1) is 0 Å². The number of methoxy groups -OCH3 is 1. The Bertz CT molecular complexity index is 506. The summed E-state index contributed by atoms with van der Waals surface area (Å²) in [6.07, 6.45) is 5.29. The van der Waals surface area contributed by atoms with Crippen LogP contribution in [0.1, 0.15) is 47.4 Å². The Labute approximate surface area is 125 Å². The average Bonchev–Trinajstić information content (AvgIpc) is 2.91. The van der Waals surface area contributed by atoms with Crippen molar-refractivity contribution in [3.8, 4) is 0 Å². The smallest absolute Gasteiger partial charge is 0.272 e. The van der Waals surface area contributed by atoms with Gasteiger partial charge in [0.25, 0.3) is 5.91 Å². The van der Waals surface area contributed by atoms with Crippen LogP contribution in [0.5, 0.6) is 0 Å². The molecule has 116 valence electrons. The summed E-state index contributed by atoms with van der Waals surface area (Å²) < 4.78 is 5.37. The van der Waals surface area contributed by atoms with Crippen molar-refractivity contribution < 1.29 is 9.53 Å². The molecule has 0 saturated heterocycles. The van der Waals surface area contributed by atoms with Gasteiger partial charge in [0.2, 0.25) is 0 Å². The lowest BCUT2D eigenvalue weighted by Gasteiger charge is -2.28. The quantitative estimate of drug-likeness (QED) is 0.875. The number of rotatable bonds is 3. The number of hydrogen-bond acceptors (Lipinski definition) is 4. The number of carbonyl (C=O) groups excluding carboxylic acids is 1. The van der Waals surface area contributed by atoms with E-state index in [-0.39, 0.29) is 11.9 Å². The standard InChI is InChI=1S/C15H24N4O2/c1-19-8-7-13-12(9-19)14(18-17-13)15(20)16-10-3-5-11(21-2)6-4-10/h10-11H,3-9H2,1-2H3,(H,16,20)(H,17,18). The zero-order valence-electron chi connectivity index (χ0n) is 12.8. The van der Waals surface area contributed by atoms with E-state index in [1.165, 1.54) is 0 Å². The fraction of sp³-hybridized carbons (Fsp3) is 0.733. The predicted octanol–water partition coefficient (Wildman–Crippen LogP) is 1.08. The fourth-order valence-electron chi connectivity index (χ4n) is 3.31. The molecule has 2 heterocycles. The summed E-state index contributed by atoms with van der Waals surface area (Å²) in [5.74, 6) is -0.0383. The van der Waals surface area contributed by atoms with Crippen molar-refractivity contribution in [2.75, 3.05) is 20.7 Å². The molecule has 0 bridgehead atoms. The maximum absolute atomic E-state index is 12.5. The molecule has 0 atom stereocenters. The van der Waals surface area contributed by atoms with E-state index in [1.54, 1.807) is 7.11 Å². The molecule has 6 heteroatoms. The van der Waals surface area contributed by atoms with Gasteiger partial charge in [-0.1, -0.05) is 0 Å². The highest BCUT2D eigenvalue weighted by atomic mass is 16.5. The van der Waals surface area contributed by atoms with Crippen LogP contribution in [-0.4, -0.2) is 53.9 Å². The number of H-pyrrole nitrogens is 1. The molecule has 1 aromatic rings. The van der Waals surface area contributed by atoms with E-state index < -0.39 is 0 Å². The monoisotopic (exact) mass is 292 g/mol. The molecule has 1 aliphatic carbocycles. The number of nitrogens with one attached hydrogen (secondary N) is 2. The SMILES string of the molecule is COC1CCC(NC(=O)c2n[nH]c3c2CN(C)CC3)CC1. The normalized spacial score (nSPS) is 26.4. The molecule has 21 heavy (non-hydrogen) atoms. The van der Waals surface area contributed by atoms with Crippen molar-refractivity contribution in [2.24, 2.45) is 0 Å². The van der Waals surface area contributed by atoms with E-state index in [9.17, 15) is 4.79 Å². The van der Waals surface area contributed by atoms with Gasteiger partial charge in [-0.05, 0) is 32.7 Å². The summed E-state index contributed by atoms with van der Waals surface area (Å²) in [7, 11) is 3.83. The van der Waals surface area contributed by atoms with Gasteiger partial charge in [0.1, 0.15) is 0 Å². The highest BCUT2D eigenvalue weighted by Crippen LogP contribution is 2.22.